The molecule has 9 heteroatoms. The molecule has 0 unspecified atom stereocenters. The van der Waals surface area contributed by atoms with E-state index < -0.39 is 9.84 Å². The average molecular weight is 392 g/mol. The summed E-state index contributed by atoms with van der Waals surface area (Å²) in [4.78, 5) is 32.5. The molecule has 0 bridgehead atoms. The molecule has 0 atom stereocenters. The second-order valence-electron chi connectivity index (χ2n) is 7.55. The summed E-state index contributed by atoms with van der Waals surface area (Å²) in [5.74, 6) is 1.32. The molecule has 4 rings (SSSR count). The number of amides is 2. The first kappa shape index (κ1) is 18.2. The monoisotopic (exact) mass is 392 g/mol. The Morgan fingerprint density at radius 1 is 1.19 bits per heavy atom. The van der Waals surface area contributed by atoms with Crippen LogP contribution in [0.5, 0.6) is 0 Å². The second-order valence-corrected chi connectivity index (χ2v) is 9.85. The summed E-state index contributed by atoms with van der Waals surface area (Å²) in [6.45, 7) is 2.72. The Kier molecular flexibility index (Phi) is 4.79. The van der Waals surface area contributed by atoms with Crippen molar-refractivity contribution < 1.29 is 18.0 Å². The summed E-state index contributed by atoms with van der Waals surface area (Å²) in [7, 11) is -2.89. The van der Waals surface area contributed by atoms with E-state index in [2.05, 4.69) is 15.2 Å². The highest BCUT2D eigenvalue weighted by Gasteiger charge is 2.30. The van der Waals surface area contributed by atoms with Gasteiger partial charge in [-0.2, -0.15) is 0 Å². The molecule has 0 aromatic carbocycles. The van der Waals surface area contributed by atoms with Gasteiger partial charge in [-0.05, 0) is 24.8 Å². The van der Waals surface area contributed by atoms with Gasteiger partial charge in [0.25, 0.3) is 0 Å². The van der Waals surface area contributed by atoms with Crippen LogP contribution in [0.4, 0.5) is 11.5 Å². The Bertz CT molecular complexity index is 848. The first-order chi connectivity index (χ1) is 12.9. The third-order valence-electron chi connectivity index (χ3n) is 5.74. The number of nitrogens with one attached hydrogen (secondary N) is 1. The van der Waals surface area contributed by atoms with Crippen molar-refractivity contribution in [3.05, 3.63) is 17.8 Å². The molecule has 146 valence electrons. The third kappa shape index (κ3) is 3.92. The Labute approximate surface area is 158 Å². The highest BCUT2D eigenvalue weighted by atomic mass is 32.2. The van der Waals surface area contributed by atoms with Crippen molar-refractivity contribution in [2.24, 2.45) is 5.92 Å². The fourth-order valence-corrected chi connectivity index (χ4v) is 5.70. The van der Waals surface area contributed by atoms with Crippen LogP contribution in [0.1, 0.15) is 24.8 Å². The normalized spacial score (nSPS) is 22.4. The maximum absolute atomic E-state index is 12.6. The minimum Gasteiger partial charge on any atom is -0.368 e. The first-order valence-corrected chi connectivity index (χ1v) is 11.2. The fourth-order valence-electron chi connectivity index (χ4n) is 4.11. The number of piperazine rings is 1. The molecule has 3 aliphatic rings. The largest absolute Gasteiger partial charge is 0.368 e. The summed E-state index contributed by atoms with van der Waals surface area (Å²) in [6.07, 6.45) is 3.69. The average Bonchev–Trinajstić information content (AvgIpc) is 3.03. The van der Waals surface area contributed by atoms with Crippen LogP contribution in [-0.4, -0.2) is 67.8 Å². The molecular weight excluding hydrogens is 368 g/mol. The van der Waals surface area contributed by atoms with Gasteiger partial charge in [-0.15, -0.1) is 0 Å². The van der Waals surface area contributed by atoms with Gasteiger partial charge in [-0.1, -0.05) is 0 Å². The predicted molar refractivity (Wildman–Crippen MR) is 101 cm³/mol. The first-order valence-electron chi connectivity index (χ1n) is 9.42. The van der Waals surface area contributed by atoms with Crippen molar-refractivity contribution in [3.8, 4) is 0 Å². The topological polar surface area (TPSA) is 99.7 Å². The molecule has 1 aromatic rings. The highest BCUT2D eigenvalue weighted by Crippen LogP contribution is 2.31. The van der Waals surface area contributed by atoms with Gasteiger partial charge in [0.15, 0.2) is 0 Å². The lowest BCUT2D eigenvalue weighted by Gasteiger charge is -2.37. The Hall–Kier alpha value is -2.16. The van der Waals surface area contributed by atoms with Crippen molar-refractivity contribution in [1.29, 1.82) is 0 Å². The van der Waals surface area contributed by atoms with Gasteiger partial charge >= 0.3 is 0 Å². The van der Waals surface area contributed by atoms with Crippen molar-refractivity contribution >= 4 is 33.2 Å². The van der Waals surface area contributed by atoms with E-state index in [4.69, 9.17) is 0 Å². The van der Waals surface area contributed by atoms with Crippen molar-refractivity contribution in [3.63, 3.8) is 0 Å². The van der Waals surface area contributed by atoms with E-state index in [1.165, 1.54) is 0 Å². The number of carbonyl (C=O) groups is 2. The van der Waals surface area contributed by atoms with Crippen molar-refractivity contribution in [2.75, 3.05) is 47.9 Å². The lowest BCUT2D eigenvalue weighted by Crippen LogP contribution is -2.49. The molecule has 2 saturated heterocycles. The highest BCUT2D eigenvalue weighted by molar-refractivity contribution is 7.91. The maximum atomic E-state index is 12.6. The number of fused-ring (bicyclic) bond motifs is 1. The molecule has 4 heterocycles. The number of aromatic nitrogens is 1. The fraction of sp³-hybridized carbons (Fsp3) is 0.611. The molecule has 2 amide bonds. The zero-order valence-electron chi connectivity index (χ0n) is 15.2. The van der Waals surface area contributed by atoms with E-state index in [0.717, 1.165) is 24.3 Å². The molecule has 0 spiro atoms. The summed E-state index contributed by atoms with van der Waals surface area (Å²) in [5, 5.41) is 2.77. The SMILES string of the molecule is O=C1Cc2c(N3CCN(C(=O)CC4CCS(=O)(=O)CC4)CC3)ccnc2N1. The van der Waals surface area contributed by atoms with Crippen LogP contribution in [0.15, 0.2) is 12.3 Å². The molecule has 2 fully saturated rings. The van der Waals surface area contributed by atoms with E-state index in [1.807, 2.05) is 11.0 Å². The Balaban J connectivity index is 1.33. The molecular formula is C18H24N4O4S. The predicted octanol–water partition coefficient (Wildman–Crippen LogP) is 0.440. The lowest BCUT2D eigenvalue weighted by atomic mass is 9.98. The maximum Gasteiger partial charge on any atom is 0.230 e. The van der Waals surface area contributed by atoms with Gasteiger partial charge in [0.05, 0.1) is 17.9 Å². The van der Waals surface area contributed by atoms with Crippen LogP contribution in [0.3, 0.4) is 0 Å². The third-order valence-corrected chi connectivity index (χ3v) is 7.45. The van der Waals surface area contributed by atoms with E-state index in [1.54, 1.807) is 6.20 Å². The lowest BCUT2D eigenvalue weighted by molar-refractivity contribution is -0.132. The van der Waals surface area contributed by atoms with E-state index >= 15 is 0 Å². The molecule has 27 heavy (non-hydrogen) atoms. The Morgan fingerprint density at radius 2 is 1.89 bits per heavy atom. The molecule has 3 aliphatic heterocycles. The second kappa shape index (κ2) is 7.10. The van der Waals surface area contributed by atoms with Gasteiger partial charge in [0, 0.05) is 50.0 Å². The molecule has 1 aromatic heterocycles. The Morgan fingerprint density at radius 3 is 2.59 bits per heavy atom. The van der Waals surface area contributed by atoms with Gasteiger partial charge < -0.3 is 15.1 Å². The van der Waals surface area contributed by atoms with Crippen LogP contribution in [0.25, 0.3) is 0 Å². The van der Waals surface area contributed by atoms with Gasteiger partial charge in [-0.3, -0.25) is 9.59 Å². The standard InChI is InChI=1S/C18H24N4O4S/c23-16-12-14-15(1-4-19-18(14)20-16)21-5-7-22(8-6-21)17(24)11-13-2-9-27(25,26)10-3-13/h1,4,13H,2-3,5-12H2,(H,19,20,23). The zero-order chi connectivity index (χ0) is 19.0. The van der Waals surface area contributed by atoms with Crippen molar-refractivity contribution in [2.45, 2.75) is 25.7 Å². The summed E-state index contributed by atoms with van der Waals surface area (Å²) >= 11 is 0. The summed E-state index contributed by atoms with van der Waals surface area (Å²) < 4.78 is 23.0. The van der Waals surface area contributed by atoms with Crippen LogP contribution >= 0.6 is 0 Å². The minimum absolute atomic E-state index is 0.0340. The van der Waals surface area contributed by atoms with Gasteiger partial charge in [0.1, 0.15) is 15.7 Å². The van der Waals surface area contributed by atoms with E-state index in [-0.39, 0.29) is 29.2 Å². The number of sulfone groups is 1. The molecule has 0 saturated carbocycles. The summed E-state index contributed by atoms with van der Waals surface area (Å²) in [5.41, 5.74) is 1.95. The van der Waals surface area contributed by atoms with Crippen LogP contribution < -0.4 is 10.2 Å². The van der Waals surface area contributed by atoms with E-state index in [0.29, 0.717) is 44.6 Å². The quantitative estimate of drug-likeness (QED) is 0.801. The molecule has 8 nitrogen and oxygen atoms in total. The van der Waals surface area contributed by atoms with Crippen LogP contribution in [-0.2, 0) is 25.8 Å². The number of hydrogen-bond acceptors (Lipinski definition) is 6. The molecule has 0 aliphatic carbocycles. The molecule has 0 radical (unpaired) electrons. The number of anilines is 2. The van der Waals surface area contributed by atoms with Crippen molar-refractivity contribution in [1.82, 2.24) is 9.88 Å². The number of pyridine rings is 1. The number of nitrogens with zero attached hydrogens (tertiary/aromatic N) is 3. The number of hydrogen-bond donors (Lipinski definition) is 1. The number of carbonyl (C=O) groups excluding carboxylic acids is 2. The zero-order valence-corrected chi connectivity index (χ0v) is 16.0. The molecule has 1 N–H and O–H groups in total. The van der Waals surface area contributed by atoms with E-state index in [9.17, 15) is 18.0 Å². The van der Waals surface area contributed by atoms with Crippen LogP contribution in [0, 0.1) is 5.92 Å². The number of rotatable bonds is 3. The minimum atomic E-state index is -2.89. The summed E-state index contributed by atoms with van der Waals surface area (Å²) in [6, 6.07) is 1.93. The smallest absolute Gasteiger partial charge is 0.230 e. The van der Waals surface area contributed by atoms with Gasteiger partial charge in [-0.25, -0.2) is 13.4 Å². The van der Waals surface area contributed by atoms with Gasteiger partial charge in [0.2, 0.25) is 11.8 Å². The van der Waals surface area contributed by atoms with Crippen LogP contribution in [0.2, 0.25) is 0 Å².